The summed E-state index contributed by atoms with van der Waals surface area (Å²) >= 11 is 0. The van der Waals surface area contributed by atoms with Crippen LogP contribution in [-0.4, -0.2) is 21.3 Å². The highest BCUT2D eigenvalue weighted by molar-refractivity contribution is 5.94. The molecule has 3 aromatic rings. The summed E-state index contributed by atoms with van der Waals surface area (Å²) in [7, 11) is 0. The standard InChI is InChI=1S/C25H30N6O2/c1-15(2)14-31-16(3)30-23(19-5-4-6-20(26)11-19)21(25(31)33)12-22(32)29-13-17-7-9-18(10-8-17)24(27)28/h4-11,15H,12-14,26H2,1-3H3,(H3,27,28)(H,29,32). The van der Waals surface area contributed by atoms with Gasteiger partial charge in [0, 0.05) is 29.9 Å². The van der Waals surface area contributed by atoms with Gasteiger partial charge in [-0.1, -0.05) is 50.2 Å². The molecule has 0 bridgehead atoms. The molecule has 0 aliphatic heterocycles. The fraction of sp³-hybridized carbons (Fsp3) is 0.280. The Hall–Kier alpha value is -3.94. The molecule has 0 spiro atoms. The Labute approximate surface area is 193 Å². The maximum absolute atomic E-state index is 13.4. The number of hydrogen-bond donors (Lipinski definition) is 4. The molecule has 0 radical (unpaired) electrons. The normalized spacial score (nSPS) is 10.9. The summed E-state index contributed by atoms with van der Waals surface area (Å²) in [5, 5.41) is 10.3. The number of hydrogen-bond acceptors (Lipinski definition) is 5. The number of nitrogens with two attached hydrogens (primary N) is 2. The van der Waals surface area contributed by atoms with Crippen LogP contribution in [0.3, 0.4) is 0 Å². The molecule has 1 amide bonds. The van der Waals surface area contributed by atoms with Gasteiger partial charge in [0.2, 0.25) is 5.91 Å². The molecule has 3 rings (SSSR count). The Kier molecular flexibility index (Phi) is 7.27. The number of nitrogens with one attached hydrogen (secondary N) is 2. The average molecular weight is 447 g/mol. The van der Waals surface area contributed by atoms with E-state index in [0.29, 0.717) is 47.0 Å². The first kappa shape index (κ1) is 23.7. The maximum Gasteiger partial charge on any atom is 0.257 e. The van der Waals surface area contributed by atoms with Crippen LogP contribution in [0.5, 0.6) is 0 Å². The minimum atomic E-state index is -0.283. The van der Waals surface area contributed by atoms with Gasteiger partial charge in [-0.05, 0) is 30.5 Å². The third-order valence-corrected chi connectivity index (χ3v) is 5.25. The van der Waals surface area contributed by atoms with Crippen LogP contribution < -0.4 is 22.3 Å². The molecule has 0 aliphatic rings. The van der Waals surface area contributed by atoms with Gasteiger partial charge in [-0.2, -0.15) is 0 Å². The lowest BCUT2D eigenvalue weighted by atomic mass is 10.0. The number of nitrogen functional groups attached to an aromatic ring is 2. The van der Waals surface area contributed by atoms with Gasteiger partial charge in [-0.15, -0.1) is 0 Å². The molecule has 1 heterocycles. The van der Waals surface area contributed by atoms with Crippen LogP contribution in [0.25, 0.3) is 11.3 Å². The van der Waals surface area contributed by atoms with Crippen LogP contribution >= 0.6 is 0 Å². The summed E-state index contributed by atoms with van der Waals surface area (Å²) in [5.41, 5.74) is 14.8. The first-order valence-electron chi connectivity index (χ1n) is 10.8. The zero-order chi connectivity index (χ0) is 24.1. The number of anilines is 1. The molecular weight excluding hydrogens is 416 g/mol. The summed E-state index contributed by atoms with van der Waals surface area (Å²) in [6.45, 7) is 6.67. The summed E-state index contributed by atoms with van der Waals surface area (Å²) in [6.07, 6.45) is -0.0974. The van der Waals surface area contributed by atoms with Gasteiger partial charge in [-0.25, -0.2) is 4.98 Å². The van der Waals surface area contributed by atoms with Crippen LogP contribution in [-0.2, 0) is 24.3 Å². The Morgan fingerprint density at radius 3 is 2.48 bits per heavy atom. The maximum atomic E-state index is 13.4. The number of aromatic nitrogens is 2. The average Bonchev–Trinajstić information content (AvgIpc) is 2.77. The van der Waals surface area contributed by atoms with Crippen LogP contribution in [0.15, 0.2) is 53.3 Å². The van der Waals surface area contributed by atoms with Crippen molar-refractivity contribution in [2.45, 2.75) is 40.3 Å². The third-order valence-electron chi connectivity index (χ3n) is 5.25. The Balaban J connectivity index is 1.90. The van der Waals surface area contributed by atoms with Gasteiger partial charge in [0.25, 0.3) is 5.56 Å². The molecule has 0 unspecified atom stereocenters. The predicted molar refractivity (Wildman–Crippen MR) is 131 cm³/mol. The van der Waals surface area contributed by atoms with Crippen LogP contribution in [0.4, 0.5) is 5.69 Å². The van der Waals surface area contributed by atoms with E-state index in [9.17, 15) is 9.59 Å². The number of carbonyl (C=O) groups excluding carboxylic acids is 1. The van der Waals surface area contributed by atoms with Gasteiger partial charge in [0.05, 0.1) is 17.7 Å². The molecule has 172 valence electrons. The zero-order valence-corrected chi connectivity index (χ0v) is 19.2. The quantitative estimate of drug-likeness (QED) is 0.239. The second-order valence-corrected chi connectivity index (χ2v) is 8.49. The van der Waals surface area contributed by atoms with E-state index in [1.54, 1.807) is 54.0 Å². The number of carbonyl (C=O) groups is 1. The zero-order valence-electron chi connectivity index (χ0n) is 19.2. The van der Waals surface area contributed by atoms with Crippen molar-refractivity contribution in [1.29, 1.82) is 5.41 Å². The molecule has 6 N–H and O–H groups in total. The first-order valence-corrected chi connectivity index (χ1v) is 10.8. The fourth-order valence-electron chi connectivity index (χ4n) is 3.59. The summed E-state index contributed by atoms with van der Waals surface area (Å²) in [4.78, 5) is 30.9. The first-order chi connectivity index (χ1) is 15.7. The number of nitrogens with zero attached hydrogens (tertiary/aromatic N) is 2. The highest BCUT2D eigenvalue weighted by Gasteiger charge is 2.19. The van der Waals surface area contributed by atoms with E-state index in [1.165, 1.54) is 0 Å². The van der Waals surface area contributed by atoms with Crippen molar-refractivity contribution in [3.05, 3.63) is 81.4 Å². The smallest absolute Gasteiger partial charge is 0.257 e. The fourth-order valence-corrected chi connectivity index (χ4v) is 3.59. The number of aryl methyl sites for hydroxylation is 1. The van der Waals surface area contributed by atoms with E-state index in [1.807, 2.05) is 19.9 Å². The van der Waals surface area contributed by atoms with Gasteiger partial charge in [0.15, 0.2) is 0 Å². The number of amides is 1. The molecule has 0 atom stereocenters. The van der Waals surface area contributed by atoms with E-state index in [2.05, 4.69) is 5.32 Å². The minimum absolute atomic E-state index is 0.00999. The Bertz CT molecular complexity index is 1230. The van der Waals surface area contributed by atoms with Gasteiger partial charge < -0.3 is 16.8 Å². The van der Waals surface area contributed by atoms with Crippen molar-refractivity contribution in [2.24, 2.45) is 11.7 Å². The van der Waals surface area contributed by atoms with E-state index >= 15 is 0 Å². The van der Waals surface area contributed by atoms with Crippen molar-refractivity contribution in [2.75, 3.05) is 5.73 Å². The monoisotopic (exact) mass is 446 g/mol. The second kappa shape index (κ2) is 10.1. The SMILES string of the molecule is Cc1nc(-c2cccc(N)c2)c(CC(=O)NCc2ccc(C(=N)N)cc2)c(=O)n1CC(C)C. The highest BCUT2D eigenvalue weighted by Crippen LogP contribution is 2.23. The van der Waals surface area contributed by atoms with Crippen molar-refractivity contribution in [3.8, 4) is 11.3 Å². The number of amidine groups is 1. The van der Waals surface area contributed by atoms with Crippen molar-refractivity contribution < 1.29 is 4.79 Å². The van der Waals surface area contributed by atoms with Gasteiger partial charge >= 0.3 is 0 Å². The molecule has 0 saturated heterocycles. The van der Waals surface area contributed by atoms with Crippen LogP contribution in [0.1, 0.15) is 36.4 Å². The van der Waals surface area contributed by atoms with Gasteiger partial charge in [-0.3, -0.25) is 19.6 Å². The molecule has 8 heteroatoms. The lowest BCUT2D eigenvalue weighted by Gasteiger charge is -2.17. The topological polar surface area (TPSA) is 140 Å². The van der Waals surface area contributed by atoms with Gasteiger partial charge in [0.1, 0.15) is 11.7 Å². The lowest BCUT2D eigenvalue weighted by molar-refractivity contribution is -0.120. The molecule has 8 nitrogen and oxygen atoms in total. The van der Waals surface area contributed by atoms with E-state index in [-0.39, 0.29) is 29.6 Å². The summed E-state index contributed by atoms with van der Waals surface area (Å²) in [5.74, 6) is 0.556. The molecule has 0 saturated carbocycles. The molecule has 0 fully saturated rings. The minimum Gasteiger partial charge on any atom is -0.399 e. The second-order valence-electron chi connectivity index (χ2n) is 8.49. The van der Waals surface area contributed by atoms with Crippen molar-refractivity contribution in [3.63, 3.8) is 0 Å². The molecule has 0 aliphatic carbocycles. The summed E-state index contributed by atoms with van der Waals surface area (Å²) in [6, 6.07) is 14.2. The molecule has 2 aromatic carbocycles. The lowest BCUT2D eigenvalue weighted by Crippen LogP contribution is -2.33. The largest absolute Gasteiger partial charge is 0.399 e. The van der Waals surface area contributed by atoms with E-state index in [4.69, 9.17) is 21.9 Å². The molecule has 33 heavy (non-hydrogen) atoms. The highest BCUT2D eigenvalue weighted by atomic mass is 16.2. The van der Waals surface area contributed by atoms with E-state index < -0.39 is 0 Å². The van der Waals surface area contributed by atoms with Crippen LogP contribution in [0, 0.1) is 18.3 Å². The number of benzene rings is 2. The van der Waals surface area contributed by atoms with E-state index in [0.717, 1.165) is 5.56 Å². The predicted octanol–water partition coefficient (Wildman–Crippen LogP) is 2.60. The Morgan fingerprint density at radius 2 is 1.88 bits per heavy atom. The third kappa shape index (κ3) is 5.85. The summed E-state index contributed by atoms with van der Waals surface area (Å²) < 4.78 is 1.63. The number of rotatable bonds is 8. The van der Waals surface area contributed by atoms with Crippen molar-refractivity contribution >= 4 is 17.4 Å². The van der Waals surface area contributed by atoms with Crippen molar-refractivity contribution in [1.82, 2.24) is 14.9 Å². The molecular formula is C25H30N6O2. The van der Waals surface area contributed by atoms with Crippen LogP contribution in [0.2, 0.25) is 0 Å². The Morgan fingerprint density at radius 1 is 1.18 bits per heavy atom. The molecule has 1 aromatic heterocycles.